The van der Waals surface area contributed by atoms with Crippen molar-refractivity contribution in [3.63, 3.8) is 0 Å². The Morgan fingerprint density at radius 2 is 1.87 bits per heavy atom. The number of esters is 1. The lowest BCUT2D eigenvalue weighted by Gasteiger charge is -2.31. The standard InChI is InChI=1S/C29H28ClN3O5S/c1-4-38-29(36)25-17(2)18(3)39-26(25)31-16-22-20-7-5-6-8-21(20)27(34)33(28(22)35)24-15-19(30)9-10-23(24)32-11-13-37-14-12-32/h5-10,15-16,35H,4,11-14H2,1-3H3. The van der Waals surface area contributed by atoms with Crippen LogP contribution in [0.3, 0.4) is 0 Å². The molecule has 202 valence electrons. The molecule has 1 fully saturated rings. The first-order valence-corrected chi connectivity index (χ1v) is 13.8. The Labute approximate surface area is 234 Å². The summed E-state index contributed by atoms with van der Waals surface area (Å²) in [5.74, 6) is -0.721. The highest BCUT2D eigenvalue weighted by Crippen LogP contribution is 2.37. The molecule has 1 aliphatic rings. The van der Waals surface area contributed by atoms with E-state index in [0.717, 1.165) is 16.1 Å². The van der Waals surface area contributed by atoms with E-state index in [9.17, 15) is 14.7 Å². The number of aromatic nitrogens is 1. The molecule has 39 heavy (non-hydrogen) atoms. The molecule has 0 atom stereocenters. The molecule has 0 bridgehead atoms. The lowest BCUT2D eigenvalue weighted by molar-refractivity contribution is 0.0527. The van der Waals surface area contributed by atoms with E-state index in [4.69, 9.17) is 21.1 Å². The maximum Gasteiger partial charge on any atom is 0.341 e. The minimum atomic E-state index is -0.445. The van der Waals surface area contributed by atoms with Gasteiger partial charge in [0.2, 0.25) is 5.88 Å². The fourth-order valence-electron chi connectivity index (χ4n) is 4.73. The largest absolute Gasteiger partial charge is 0.494 e. The average Bonchev–Trinajstić information content (AvgIpc) is 3.22. The second kappa shape index (κ2) is 11.2. The third kappa shape index (κ3) is 5.05. The number of morpholine rings is 1. The number of anilines is 1. The molecule has 0 spiro atoms. The predicted molar refractivity (Wildman–Crippen MR) is 156 cm³/mol. The Balaban J connectivity index is 1.73. The van der Waals surface area contributed by atoms with E-state index in [2.05, 4.69) is 9.89 Å². The molecule has 1 aliphatic heterocycles. The number of halogens is 1. The first kappa shape index (κ1) is 26.9. The second-order valence-electron chi connectivity index (χ2n) is 9.10. The van der Waals surface area contributed by atoms with Crippen molar-refractivity contribution < 1.29 is 19.4 Å². The lowest BCUT2D eigenvalue weighted by Crippen LogP contribution is -2.37. The Bertz CT molecular complexity index is 1650. The molecule has 0 aliphatic carbocycles. The number of aryl methyl sites for hydroxylation is 1. The van der Waals surface area contributed by atoms with E-state index >= 15 is 0 Å². The number of benzene rings is 2. The van der Waals surface area contributed by atoms with E-state index in [1.807, 2.05) is 19.9 Å². The molecule has 10 heteroatoms. The molecule has 2 aromatic carbocycles. The van der Waals surface area contributed by atoms with Crippen LogP contribution >= 0.6 is 22.9 Å². The Morgan fingerprint density at radius 1 is 1.15 bits per heavy atom. The monoisotopic (exact) mass is 565 g/mol. The van der Waals surface area contributed by atoms with E-state index in [0.29, 0.717) is 63.9 Å². The maximum absolute atomic E-state index is 13.8. The van der Waals surface area contributed by atoms with Gasteiger partial charge in [0.05, 0.1) is 42.3 Å². The number of fused-ring (bicyclic) bond motifs is 1. The molecule has 1 N–H and O–H groups in total. The van der Waals surface area contributed by atoms with Gasteiger partial charge in [0.1, 0.15) is 5.00 Å². The number of nitrogens with zero attached hydrogens (tertiary/aromatic N) is 3. The minimum Gasteiger partial charge on any atom is -0.494 e. The summed E-state index contributed by atoms with van der Waals surface area (Å²) in [6.07, 6.45) is 1.50. The van der Waals surface area contributed by atoms with Gasteiger partial charge in [-0.3, -0.25) is 4.79 Å². The van der Waals surface area contributed by atoms with Gasteiger partial charge >= 0.3 is 5.97 Å². The molecule has 8 nitrogen and oxygen atoms in total. The molecular weight excluding hydrogens is 538 g/mol. The number of hydrogen-bond acceptors (Lipinski definition) is 8. The molecule has 0 amide bonds. The number of aliphatic imine (C=N–C) groups is 1. The third-order valence-electron chi connectivity index (χ3n) is 6.79. The van der Waals surface area contributed by atoms with Crippen LogP contribution in [0, 0.1) is 13.8 Å². The summed E-state index contributed by atoms with van der Waals surface area (Å²) < 4.78 is 12.0. The van der Waals surface area contributed by atoms with Crippen LogP contribution in [0.5, 0.6) is 5.88 Å². The summed E-state index contributed by atoms with van der Waals surface area (Å²) in [7, 11) is 0. The number of rotatable bonds is 6. The molecule has 2 aromatic heterocycles. The van der Waals surface area contributed by atoms with Crippen LogP contribution in [0.4, 0.5) is 10.7 Å². The second-order valence-corrected chi connectivity index (χ2v) is 10.7. The van der Waals surface area contributed by atoms with E-state index < -0.39 is 5.97 Å². The van der Waals surface area contributed by atoms with Gasteiger partial charge in [0.25, 0.3) is 5.56 Å². The summed E-state index contributed by atoms with van der Waals surface area (Å²) in [6.45, 7) is 8.17. The van der Waals surface area contributed by atoms with Crippen molar-refractivity contribution in [2.75, 3.05) is 37.8 Å². The van der Waals surface area contributed by atoms with E-state index in [1.54, 1.807) is 43.3 Å². The van der Waals surface area contributed by atoms with Gasteiger partial charge in [-0.25, -0.2) is 14.4 Å². The first-order chi connectivity index (χ1) is 18.8. The molecular formula is C29H28ClN3O5S. The predicted octanol–water partition coefficient (Wildman–Crippen LogP) is 5.79. The highest BCUT2D eigenvalue weighted by molar-refractivity contribution is 7.16. The minimum absolute atomic E-state index is 0.248. The van der Waals surface area contributed by atoms with E-state index in [-0.39, 0.29) is 18.0 Å². The Kier molecular flexibility index (Phi) is 7.74. The quantitative estimate of drug-likeness (QED) is 0.235. The zero-order chi connectivity index (χ0) is 27.7. The Morgan fingerprint density at radius 3 is 2.59 bits per heavy atom. The van der Waals surface area contributed by atoms with Crippen LogP contribution in [-0.2, 0) is 9.47 Å². The van der Waals surface area contributed by atoms with Crippen molar-refractivity contribution in [2.45, 2.75) is 20.8 Å². The van der Waals surface area contributed by atoms with Gasteiger partial charge in [-0.05, 0) is 50.6 Å². The van der Waals surface area contributed by atoms with Crippen LogP contribution in [0.2, 0.25) is 5.02 Å². The average molecular weight is 566 g/mol. The van der Waals surface area contributed by atoms with Crippen molar-refractivity contribution >= 4 is 56.6 Å². The SMILES string of the molecule is CCOC(=O)c1c(N=Cc2c(O)n(-c3cc(Cl)ccc3N3CCOCC3)c(=O)c3ccccc23)sc(C)c1C. The van der Waals surface area contributed by atoms with Crippen LogP contribution in [0.15, 0.2) is 52.3 Å². The smallest absolute Gasteiger partial charge is 0.341 e. The van der Waals surface area contributed by atoms with Crippen LogP contribution in [0.25, 0.3) is 16.5 Å². The molecule has 3 heterocycles. The topological polar surface area (TPSA) is 93.4 Å². The lowest BCUT2D eigenvalue weighted by atomic mass is 10.1. The van der Waals surface area contributed by atoms with Crippen LogP contribution < -0.4 is 10.5 Å². The van der Waals surface area contributed by atoms with Crippen LogP contribution in [-0.4, -0.2) is 54.8 Å². The fraction of sp³-hybridized carbons (Fsp3) is 0.276. The van der Waals surface area contributed by atoms with Crippen molar-refractivity contribution in [1.29, 1.82) is 0 Å². The van der Waals surface area contributed by atoms with Crippen LogP contribution in [0.1, 0.15) is 33.3 Å². The number of carbonyl (C=O) groups excluding carboxylic acids is 1. The fourth-order valence-corrected chi connectivity index (χ4v) is 5.88. The molecule has 0 unspecified atom stereocenters. The number of aromatic hydroxyl groups is 1. The maximum atomic E-state index is 13.8. The number of thiophene rings is 1. The molecule has 0 radical (unpaired) electrons. The summed E-state index contributed by atoms with van der Waals surface area (Å²) in [5, 5.41) is 13.5. The van der Waals surface area contributed by atoms with Gasteiger partial charge in [-0.1, -0.05) is 29.8 Å². The molecule has 0 saturated carbocycles. The highest BCUT2D eigenvalue weighted by Gasteiger charge is 2.23. The summed E-state index contributed by atoms with van der Waals surface area (Å²) in [6, 6.07) is 12.3. The zero-order valence-electron chi connectivity index (χ0n) is 21.9. The van der Waals surface area contributed by atoms with Gasteiger partial charge in [0.15, 0.2) is 0 Å². The zero-order valence-corrected chi connectivity index (χ0v) is 23.4. The summed E-state index contributed by atoms with van der Waals surface area (Å²) >= 11 is 7.76. The number of carbonyl (C=O) groups is 1. The Hall–Kier alpha value is -3.66. The molecule has 5 rings (SSSR count). The number of pyridine rings is 1. The van der Waals surface area contributed by atoms with Crippen molar-refractivity contribution in [3.8, 4) is 11.6 Å². The third-order valence-corrected chi connectivity index (χ3v) is 8.14. The van der Waals surface area contributed by atoms with Gasteiger partial charge in [-0.15, -0.1) is 11.3 Å². The van der Waals surface area contributed by atoms with Gasteiger partial charge in [-0.2, -0.15) is 0 Å². The number of hydrogen-bond donors (Lipinski definition) is 1. The van der Waals surface area contributed by atoms with E-state index in [1.165, 1.54) is 22.1 Å². The van der Waals surface area contributed by atoms with Crippen molar-refractivity contribution in [3.05, 3.63) is 79.4 Å². The van der Waals surface area contributed by atoms with Gasteiger partial charge in [0, 0.05) is 40.0 Å². The summed E-state index contributed by atoms with van der Waals surface area (Å²) in [5.41, 5.74) is 2.38. The summed E-state index contributed by atoms with van der Waals surface area (Å²) in [4.78, 5) is 34.2. The van der Waals surface area contributed by atoms with Gasteiger partial charge < -0.3 is 19.5 Å². The molecule has 1 saturated heterocycles. The van der Waals surface area contributed by atoms with Crippen molar-refractivity contribution in [2.24, 2.45) is 4.99 Å². The highest BCUT2D eigenvalue weighted by atomic mass is 35.5. The van der Waals surface area contributed by atoms with Crippen molar-refractivity contribution in [1.82, 2.24) is 4.57 Å². The molecule has 4 aromatic rings. The normalized spacial score (nSPS) is 13.9. The first-order valence-electron chi connectivity index (χ1n) is 12.6. The number of ether oxygens (including phenoxy) is 2.